The minimum atomic E-state index is -1.15. The fourth-order valence-electron chi connectivity index (χ4n) is 2.72. The highest BCUT2D eigenvalue weighted by Gasteiger charge is 2.41. The molecule has 3 N–H and O–H groups in total. The number of nitrogens with zero attached hydrogens (tertiary/aromatic N) is 1. The summed E-state index contributed by atoms with van der Waals surface area (Å²) in [6.07, 6.45) is 3.56. The van der Waals surface area contributed by atoms with Gasteiger partial charge in [0, 0.05) is 12.6 Å². The number of carboxylic acid groups (broad SMARTS) is 1. The quantitative estimate of drug-likeness (QED) is 0.814. The molecule has 6 nitrogen and oxygen atoms in total. The summed E-state index contributed by atoms with van der Waals surface area (Å²) in [5.41, 5.74) is 4.22. The maximum Gasteiger partial charge on any atom is 0.410 e. The summed E-state index contributed by atoms with van der Waals surface area (Å²) in [7, 11) is 0. The van der Waals surface area contributed by atoms with Gasteiger partial charge in [0.2, 0.25) is 0 Å². The Labute approximate surface area is 133 Å². The first-order valence-corrected chi connectivity index (χ1v) is 8.11. The van der Waals surface area contributed by atoms with Crippen LogP contribution in [-0.4, -0.2) is 45.8 Å². The second-order valence-corrected chi connectivity index (χ2v) is 7.22. The zero-order valence-corrected chi connectivity index (χ0v) is 14.2. The van der Waals surface area contributed by atoms with Crippen molar-refractivity contribution in [3.05, 3.63) is 0 Å². The fraction of sp³-hybridized carbons (Fsp3) is 0.875. The van der Waals surface area contributed by atoms with Crippen LogP contribution in [0.4, 0.5) is 4.79 Å². The van der Waals surface area contributed by atoms with E-state index < -0.39 is 17.1 Å². The van der Waals surface area contributed by atoms with Gasteiger partial charge in [0.25, 0.3) is 0 Å². The number of ether oxygens (including phenoxy) is 1. The average Bonchev–Trinajstić information content (AvgIpc) is 2.39. The molecule has 0 spiro atoms. The molecule has 0 unspecified atom stereocenters. The molecule has 0 aromatic carbocycles. The average molecular weight is 314 g/mol. The number of carboxylic acids is 1. The van der Waals surface area contributed by atoms with Gasteiger partial charge in [0.15, 0.2) is 0 Å². The molecular weight excluding hydrogens is 284 g/mol. The molecule has 0 saturated heterocycles. The van der Waals surface area contributed by atoms with E-state index in [9.17, 15) is 14.7 Å². The molecule has 1 rings (SSSR count). The normalized spacial score (nSPS) is 25.6. The van der Waals surface area contributed by atoms with Gasteiger partial charge < -0.3 is 20.5 Å². The summed E-state index contributed by atoms with van der Waals surface area (Å²) < 4.78 is 5.49. The van der Waals surface area contributed by atoms with Crippen LogP contribution < -0.4 is 5.73 Å². The van der Waals surface area contributed by atoms with Gasteiger partial charge in [-0.05, 0) is 52.9 Å². The summed E-state index contributed by atoms with van der Waals surface area (Å²) in [4.78, 5) is 25.4. The highest BCUT2D eigenvalue weighted by Crippen LogP contribution is 2.30. The zero-order chi connectivity index (χ0) is 17.0. The SMILES string of the molecule is CCCCN(C(=O)OC(C)(C)C)C1CCC(N)(C(=O)O)CC1. The number of carbonyl (C=O) groups excluding carboxylic acids is 1. The Hall–Kier alpha value is -1.30. The van der Waals surface area contributed by atoms with Gasteiger partial charge in [-0.2, -0.15) is 0 Å². The number of carbonyl (C=O) groups is 2. The molecule has 0 bridgehead atoms. The Balaban J connectivity index is 2.73. The summed E-state index contributed by atoms with van der Waals surface area (Å²) in [5.74, 6) is -0.955. The van der Waals surface area contributed by atoms with E-state index in [0.29, 0.717) is 32.2 Å². The summed E-state index contributed by atoms with van der Waals surface area (Å²) in [6.45, 7) is 8.25. The van der Waals surface area contributed by atoms with Gasteiger partial charge in [-0.15, -0.1) is 0 Å². The molecule has 0 aliphatic heterocycles. The molecule has 0 aromatic heterocycles. The van der Waals surface area contributed by atoms with Gasteiger partial charge in [0.05, 0.1) is 0 Å². The predicted octanol–water partition coefficient (Wildman–Crippen LogP) is 2.75. The van der Waals surface area contributed by atoms with Crippen molar-refractivity contribution in [1.82, 2.24) is 4.90 Å². The van der Waals surface area contributed by atoms with Gasteiger partial charge in [-0.3, -0.25) is 4.79 Å². The molecule has 1 amide bonds. The molecule has 0 aromatic rings. The van der Waals surface area contributed by atoms with E-state index in [-0.39, 0.29) is 12.1 Å². The molecular formula is C16H30N2O4. The van der Waals surface area contributed by atoms with Gasteiger partial charge >= 0.3 is 12.1 Å². The number of unbranched alkanes of at least 4 members (excludes halogenated alkanes) is 1. The second kappa shape index (κ2) is 7.31. The van der Waals surface area contributed by atoms with Gasteiger partial charge in [-0.25, -0.2) is 4.79 Å². The lowest BCUT2D eigenvalue weighted by atomic mass is 9.79. The molecule has 0 heterocycles. The first-order chi connectivity index (χ1) is 10.1. The first kappa shape index (κ1) is 18.7. The van der Waals surface area contributed by atoms with Crippen LogP contribution in [0, 0.1) is 0 Å². The molecule has 1 fully saturated rings. The Bertz CT molecular complexity index is 395. The largest absolute Gasteiger partial charge is 0.480 e. The van der Waals surface area contributed by atoms with Crippen molar-refractivity contribution in [1.29, 1.82) is 0 Å². The van der Waals surface area contributed by atoms with Gasteiger partial charge in [0.1, 0.15) is 11.1 Å². The molecule has 128 valence electrons. The standard InChI is InChI=1S/C16H30N2O4/c1-5-6-11-18(14(21)22-15(2,3)4)12-7-9-16(17,10-8-12)13(19)20/h12H,5-11,17H2,1-4H3,(H,19,20). The highest BCUT2D eigenvalue weighted by atomic mass is 16.6. The zero-order valence-electron chi connectivity index (χ0n) is 14.2. The monoisotopic (exact) mass is 314 g/mol. The Morgan fingerprint density at radius 1 is 1.32 bits per heavy atom. The molecule has 6 heteroatoms. The summed E-state index contributed by atoms with van der Waals surface area (Å²) in [5, 5.41) is 9.20. The van der Waals surface area contributed by atoms with E-state index >= 15 is 0 Å². The third kappa shape index (κ3) is 5.16. The van der Waals surface area contributed by atoms with Crippen molar-refractivity contribution >= 4 is 12.1 Å². The van der Waals surface area contributed by atoms with Crippen molar-refractivity contribution in [2.24, 2.45) is 5.73 Å². The molecule has 0 atom stereocenters. The summed E-state index contributed by atoms with van der Waals surface area (Å²) in [6, 6.07) is 0.0115. The number of hydrogen-bond acceptors (Lipinski definition) is 4. The lowest BCUT2D eigenvalue weighted by Crippen LogP contribution is -2.54. The molecule has 1 aliphatic rings. The van der Waals surface area contributed by atoms with Crippen LogP contribution in [0.1, 0.15) is 66.2 Å². The second-order valence-electron chi connectivity index (χ2n) is 7.22. The van der Waals surface area contributed by atoms with Crippen LogP contribution in [0.25, 0.3) is 0 Å². The maximum atomic E-state index is 12.4. The van der Waals surface area contributed by atoms with E-state index in [1.54, 1.807) is 4.90 Å². The van der Waals surface area contributed by atoms with E-state index in [2.05, 4.69) is 6.92 Å². The topological polar surface area (TPSA) is 92.9 Å². The van der Waals surface area contributed by atoms with Crippen LogP contribution in [0.3, 0.4) is 0 Å². The predicted molar refractivity (Wildman–Crippen MR) is 84.7 cm³/mol. The number of rotatable bonds is 5. The fourth-order valence-corrected chi connectivity index (χ4v) is 2.72. The summed E-state index contributed by atoms with van der Waals surface area (Å²) >= 11 is 0. The Kier molecular flexibility index (Phi) is 6.23. The van der Waals surface area contributed by atoms with E-state index in [4.69, 9.17) is 10.5 Å². The van der Waals surface area contributed by atoms with E-state index in [1.165, 1.54) is 0 Å². The van der Waals surface area contributed by atoms with Crippen molar-refractivity contribution < 1.29 is 19.4 Å². The third-order valence-corrected chi connectivity index (χ3v) is 4.09. The lowest BCUT2D eigenvalue weighted by Gasteiger charge is -2.40. The minimum Gasteiger partial charge on any atom is -0.480 e. The molecule has 22 heavy (non-hydrogen) atoms. The number of aliphatic carboxylic acids is 1. The van der Waals surface area contributed by atoms with Crippen molar-refractivity contribution in [3.63, 3.8) is 0 Å². The first-order valence-electron chi connectivity index (χ1n) is 8.11. The highest BCUT2D eigenvalue weighted by molar-refractivity contribution is 5.78. The van der Waals surface area contributed by atoms with Crippen molar-refractivity contribution in [2.75, 3.05) is 6.54 Å². The number of amides is 1. The lowest BCUT2D eigenvalue weighted by molar-refractivity contribution is -0.145. The van der Waals surface area contributed by atoms with Crippen LogP contribution in [0.5, 0.6) is 0 Å². The number of hydrogen-bond donors (Lipinski definition) is 2. The van der Waals surface area contributed by atoms with Crippen molar-refractivity contribution in [3.8, 4) is 0 Å². The van der Waals surface area contributed by atoms with Crippen LogP contribution >= 0.6 is 0 Å². The van der Waals surface area contributed by atoms with Crippen LogP contribution in [0.2, 0.25) is 0 Å². The van der Waals surface area contributed by atoms with E-state index in [0.717, 1.165) is 12.8 Å². The number of nitrogens with two attached hydrogens (primary N) is 1. The van der Waals surface area contributed by atoms with Crippen LogP contribution in [-0.2, 0) is 9.53 Å². The molecule has 1 saturated carbocycles. The van der Waals surface area contributed by atoms with E-state index in [1.807, 2.05) is 20.8 Å². The van der Waals surface area contributed by atoms with Crippen molar-refractivity contribution in [2.45, 2.75) is 83.4 Å². The smallest absolute Gasteiger partial charge is 0.410 e. The van der Waals surface area contributed by atoms with Gasteiger partial charge in [-0.1, -0.05) is 13.3 Å². The third-order valence-electron chi connectivity index (χ3n) is 4.09. The maximum absolute atomic E-state index is 12.4. The Morgan fingerprint density at radius 3 is 2.27 bits per heavy atom. The van der Waals surface area contributed by atoms with Crippen LogP contribution in [0.15, 0.2) is 0 Å². The Morgan fingerprint density at radius 2 is 1.86 bits per heavy atom. The minimum absolute atomic E-state index is 0.0115. The molecule has 1 aliphatic carbocycles. The molecule has 0 radical (unpaired) electrons.